The molecule has 0 N–H and O–H groups in total. The molecule has 2 nitrogen and oxygen atoms in total. The van der Waals surface area contributed by atoms with Crippen LogP contribution < -0.4 is 0 Å². The SMILES string of the molecule is CC(C)(C)CCCCF.CC(C)(C)CCF.CC(C)(C)CCOCCOCCF. The summed E-state index contributed by atoms with van der Waals surface area (Å²) in [4.78, 5) is 0. The molecule has 0 aromatic rings. The zero-order valence-corrected chi connectivity index (χ0v) is 20.9. The minimum Gasteiger partial charge on any atom is -0.379 e. The van der Waals surface area contributed by atoms with Crippen molar-refractivity contribution in [2.45, 2.75) is 94.4 Å². The lowest BCUT2D eigenvalue weighted by Crippen LogP contribution is -2.12. The molecule has 0 atom stereocenters. The molecular weight excluding hydrogens is 377 g/mol. The Labute approximate surface area is 180 Å². The number of halogens is 3. The summed E-state index contributed by atoms with van der Waals surface area (Å²) in [5, 5.41) is 0. The van der Waals surface area contributed by atoms with Crippen LogP contribution in [0.5, 0.6) is 0 Å². The van der Waals surface area contributed by atoms with Crippen molar-refractivity contribution in [2.24, 2.45) is 16.2 Å². The fraction of sp³-hybridized carbons (Fsp3) is 1.00. The number of hydrogen-bond acceptors (Lipinski definition) is 2. The third-order valence-electron chi connectivity index (χ3n) is 3.74. The lowest BCUT2D eigenvalue weighted by atomic mass is 9.90. The summed E-state index contributed by atoms with van der Waals surface area (Å²) >= 11 is 0. The molecule has 0 aliphatic heterocycles. The summed E-state index contributed by atoms with van der Waals surface area (Å²) in [6.07, 6.45) is 4.61. The van der Waals surface area contributed by atoms with Gasteiger partial charge in [-0.25, -0.2) is 4.39 Å². The van der Waals surface area contributed by atoms with Gasteiger partial charge in [-0.1, -0.05) is 68.7 Å². The first-order valence-corrected chi connectivity index (χ1v) is 11.0. The van der Waals surface area contributed by atoms with Crippen LogP contribution in [0.25, 0.3) is 0 Å². The van der Waals surface area contributed by atoms with Gasteiger partial charge >= 0.3 is 0 Å². The lowest BCUT2D eigenvalue weighted by Gasteiger charge is -2.17. The zero-order chi connectivity index (χ0) is 23.4. The fourth-order valence-electron chi connectivity index (χ4n) is 1.79. The first-order chi connectivity index (χ1) is 13.2. The summed E-state index contributed by atoms with van der Waals surface area (Å²) in [5.74, 6) is 0. The van der Waals surface area contributed by atoms with Gasteiger partial charge in [-0.2, -0.15) is 0 Å². The van der Waals surface area contributed by atoms with Crippen molar-refractivity contribution in [1.29, 1.82) is 0 Å². The van der Waals surface area contributed by atoms with E-state index in [1.807, 2.05) is 20.8 Å². The Morgan fingerprint density at radius 1 is 0.448 bits per heavy atom. The van der Waals surface area contributed by atoms with Gasteiger partial charge in [-0.15, -0.1) is 0 Å². The second-order valence-electron chi connectivity index (χ2n) is 10.9. The molecule has 0 spiro atoms. The standard InChI is InChI=1S/C10H21FO2.C8H17F.C6H13F/c1-10(2,3)4-6-12-8-9-13-7-5-11;1-8(2,3)6-4-5-7-9;1-6(2,3)4-5-7/h4-9H2,1-3H3;4-7H2,1-3H3;4-5H2,1-3H3. The van der Waals surface area contributed by atoms with Gasteiger partial charge in [0.05, 0.1) is 33.2 Å². The Bertz CT molecular complexity index is 316. The summed E-state index contributed by atoms with van der Waals surface area (Å²) in [7, 11) is 0. The number of unbranched alkanes of at least 4 members (excludes halogenated alkanes) is 1. The van der Waals surface area contributed by atoms with Crippen LogP contribution in [0.15, 0.2) is 0 Å². The highest BCUT2D eigenvalue weighted by Gasteiger charge is 2.09. The molecule has 5 heteroatoms. The van der Waals surface area contributed by atoms with Crippen LogP contribution in [0.1, 0.15) is 94.4 Å². The Morgan fingerprint density at radius 3 is 1.21 bits per heavy atom. The van der Waals surface area contributed by atoms with Crippen LogP contribution >= 0.6 is 0 Å². The van der Waals surface area contributed by atoms with Gasteiger partial charge in [0.2, 0.25) is 0 Å². The van der Waals surface area contributed by atoms with Gasteiger partial charge < -0.3 is 9.47 Å². The summed E-state index contributed by atoms with van der Waals surface area (Å²) in [6.45, 7) is 20.4. The number of rotatable bonds is 11. The molecule has 0 aliphatic rings. The molecule has 0 radical (unpaired) electrons. The van der Waals surface area contributed by atoms with Crippen LogP contribution in [-0.2, 0) is 9.47 Å². The molecule has 0 aromatic carbocycles. The largest absolute Gasteiger partial charge is 0.379 e. The number of ether oxygens (including phenoxy) is 2. The maximum atomic E-state index is 11.6. The molecule has 0 unspecified atom stereocenters. The second kappa shape index (κ2) is 19.7. The summed E-state index contributed by atoms with van der Waals surface area (Å²) in [5.41, 5.74) is 0.879. The van der Waals surface area contributed by atoms with Gasteiger partial charge in [0.1, 0.15) is 6.67 Å². The van der Waals surface area contributed by atoms with Gasteiger partial charge in [0.25, 0.3) is 0 Å². The van der Waals surface area contributed by atoms with Crippen LogP contribution in [0.3, 0.4) is 0 Å². The third kappa shape index (κ3) is 47.1. The maximum Gasteiger partial charge on any atom is 0.113 e. The lowest BCUT2D eigenvalue weighted by molar-refractivity contribution is 0.0347. The molecule has 0 aliphatic carbocycles. The topological polar surface area (TPSA) is 18.5 Å². The van der Waals surface area contributed by atoms with E-state index in [1.165, 1.54) is 0 Å². The van der Waals surface area contributed by atoms with Crippen molar-refractivity contribution in [3.8, 4) is 0 Å². The Morgan fingerprint density at radius 2 is 0.897 bits per heavy atom. The quantitative estimate of drug-likeness (QED) is 0.310. The molecule has 0 amide bonds. The van der Waals surface area contributed by atoms with E-state index in [0.717, 1.165) is 32.3 Å². The minimum atomic E-state index is -0.415. The highest BCUT2D eigenvalue weighted by atomic mass is 19.1. The van der Waals surface area contributed by atoms with Crippen LogP contribution in [0.2, 0.25) is 0 Å². The van der Waals surface area contributed by atoms with E-state index < -0.39 is 6.67 Å². The first kappa shape index (κ1) is 33.4. The monoisotopic (exact) mass is 428 g/mol. The Balaban J connectivity index is -0.000000370. The zero-order valence-electron chi connectivity index (χ0n) is 20.9. The van der Waals surface area contributed by atoms with Gasteiger partial charge in [-0.3, -0.25) is 8.78 Å². The molecule has 0 fully saturated rings. The normalized spacial score (nSPS) is 12.0. The van der Waals surface area contributed by atoms with Crippen molar-refractivity contribution in [3.63, 3.8) is 0 Å². The van der Waals surface area contributed by atoms with E-state index in [2.05, 4.69) is 41.5 Å². The van der Waals surface area contributed by atoms with Crippen molar-refractivity contribution >= 4 is 0 Å². The van der Waals surface area contributed by atoms with E-state index in [9.17, 15) is 13.2 Å². The second-order valence-corrected chi connectivity index (χ2v) is 10.9. The fourth-order valence-corrected chi connectivity index (χ4v) is 1.79. The number of hydrogen-bond donors (Lipinski definition) is 0. The third-order valence-corrected chi connectivity index (χ3v) is 3.74. The van der Waals surface area contributed by atoms with E-state index >= 15 is 0 Å². The van der Waals surface area contributed by atoms with Crippen molar-refractivity contribution in [1.82, 2.24) is 0 Å². The highest BCUT2D eigenvalue weighted by molar-refractivity contribution is 4.61. The van der Waals surface area contributed by atoms with E-state index in [4.69, 9.17) is 9.47 Å². The van der Waals surface area contributed by atoms with E-state index in [-0.39, 0.29) is 25.4 Å². The maximum absolute atomic E-state index is 11.6. The Kier molecular flexibility index (Phi) is 22.6. The summed E-state index contributed by atoms with van der Waals surface area (Å²) in [6, 6.07) is 0. The van der Waals surface area contributed by atoms with Crippen LogP contribution in [-0.4, -0.2) is 46.5 Å². The smallest absolute Gasteiger partial charge is 0.113 e. The van der Waals surface area contributed by atoms with Gasteiger partial charge in [0, 0.05) is 6.61 Å². The Hall–Kier alpha value is -0.290. The predicted octanol–water partition coefficient (Wildman–Crippen LogP) is 7.99. The van der Waals surface area contributed by atoms with Gasteiger partial charge in [0.15, 0.2) is 0 Å². The predicted molar refractivity (Wildman–Crippen MR) is 121 cm³/mol. The van der Waals surface area contributed by atoms with Crippen molar-refractivity contribution in [3.05, 3.63) is 0 Å². The average Bonchev–Trinajstić information content (AvgIpc) is 2.52. The molecule has 180 valence electrons. The minimum absolute atomic E-state index is 0.157. The molecule has 29 heavy (non-hydrogen) atoms. The van der Waals surface area contributed by atoms with Crippen LogP contribution in [0, 0.1) is 16.2 Å². The average molecular weight is 429 g/mol. The highest BCUT2D eigenvalue weighted by Crippen LogP contribution is 2.21. The molecule has 0 rings (SSSR count). The molecule has 0 saturated heterocycles. The van der Waals surface area contributed by atoms with Crippen LogP contribution in [0.4, 0.5) is 13.2 Å². The molecule has 0 bridgehead atoms. The molecule has 0 saturated carbocycles. The van der Waals surface area contributed by atoms with E-state index in [1.54, 1.807) is 0 Å². The number of alkyl halides is 3. The first-order valence-electron chi connectivity index (χ1n) is 11.0. The van der Waals surface area contributed by atoms with Crippen molar-refractivity contribution < 1.29 is 22.6 Å². The molecule has 0 heterocycles. The summed E-state index contributed by atoms with van der Waals surface area (Å²) < 4.78 is 44.8. The molecular formula is C24H51F3O2. The molecule has 0 aromatic heterocycles. The van der Waals surface area contributed by atoms with Crippen molar-refractivity contribution in [2.75, 3.05) is 46.5 Å². The van der Waals surface area contributed by atoms with E-state index in [0.29, 0.717) is 30.5 Å². The van der Waals surface area contributed by atoms with Gasteiger partial charge in [-0.05, 0) is 41.9 Å².